The minimum Gasteiger partial charge on any atom is -0.487 e. The Bertz CT molecular complexity index is 534. The molecule has 0 aliphatic carbocycles. The monoisotopic (exact) mass is 202 g/mol. The molecule has 0 saturated heterocycles. The van der Waals surface area contributed by atoms with Crippen molar-refractivity contribution in [2.45, 2.75) is 20.5 Å². The SMILES string of the molecule is Cc1ccc2c(c1)OCc1[nH]c(C)nc1-2.[HH]. The van der Waals surface area contributed by atoms with Crippen molar-refractivity contribution >= 4 is 0 Å². The molecule has 1 aromatic heterocycles. The van der Waals surface area contributed by atoms with Crippen LogP contribution < -0.4 is 4.74 Å². The zero-order chi connectivity index (χ0) is 10.4. The summed E-state index contributed by atoms with van der Waals surface area (Å²) in [6, 6.07) is 6.21. The van der Waals surface area contributed by atoms with Gasteiger partial charge < -0.3 is 9.72 Å². The lowest BCUT2D eigenvalue weighted by Gasteiger charge is -2.16. The second kappa shape index (κ2) is 2.86. The molecule has 2 aromatic rings. The molecule has 0 atom stereocenters. The molecule has 1 aromatic carbocycles. The number of benzene rings is 1. The van der Waals surface area contributed by atoms with E-state index in [0.717, 1.165) is 28.5 Å². The Balaban J connectivity index is 0.000000963. The van der Waals surface area contributed by atoms with Crippen LogP contribution >= 0.6 is 0 Å². The summed E-state index contributed by atoms with van der Waals surface area (Å²) in [5.41, 5.74) is 4.41. The van der Waals surface area contributed by atoms with Crippen molar-refractivity contribution in [2.75, 3.05) is 0 Å². The first-order valence-corrected chi connectivity index (χ1v) is 5.03. The highest BCUT2D eigenvalue weighted by Crippen LogP contribution is 2.36. The second-order valence-electron chi connectivity index (χ2n) is 3.94. The first-order chi connectivity index (χ1) is 7.24. The van der Waals surface area contributed by atoms with Crippen LogP contribution in [-0.4, -0.2) is 9.97 Å². The highest BCUT2D eigenvalue weighted by molar-refractivity contribution is 5.71. The first-order valence-electron chi connectivity index (χ1n) is 5.03. The lowest BCUT2D eigenvalue weighted by atomic mass is 10.0. The first kappa shape index (κ1) is 8.53. The van der Waals surface area contributed by atoms with Gasteiger partial charge in [-0.05, 0) is 31.5 Å². The molecule has 0 unspecified atom stereocenters. The highest BCUT2D eigenvalue weighted by Gasteiger charge is 2.20. The summed E-state index contributed by atoms with van der Waals surface area (Å²) < 4.78 is 5.67. The smallest absolute Gasteiger partial charge is 0.130 e. The van der Waals surface area contributed by atoms with E-state index in [0.29, 0.717) is 6.61 Å². The van der Waals surface area contributed by atoms with E-state index in [2.05, 4.69) is 35.1 Å². The standard InChI is InChI=1S/C12H12N2O.H2/c1-7-3-4-9-11(5-7)15-6-10-12(9)14-8(2)13-10;/h3-5H,6H2,1-2H3,(H,13,14);1H. The van der Waals surface area contributed by atoms with Gasteiger partial charge in [0.25, 0.3) is 0 Å². The van der Waals surface area contributed by atoms with Gasteiger partial charge >= 0.3 is 0 Å². The molecule has 1 aliphatic rings. The van der Waals surface area contributed by atoms with E-state index >= 15 is 0 Å². The Kier molecular flexibility index (Phi) is 1.63. The van der Waals surface area contributed by atoms with Gasteiger partial charge in [0.2, 0.25) is 0 Å². The molecule has 3 heteroatoms. The molecule has 3 nitrogen and oxygen atoms in total. The molecule has 3 rings (SSSR count). The fraction of sp³-hybridized carbons (Fsp3) is 0.250. The normalized spacial score (nSPS) is 12.9. The summed E-state index contributed by atoms with van der Waals surface area (Å²) >= 11 is 0. The quantitative estimate of drug-likeness (QED) is 0.713. The summed E-state index contributed by atoms with van der Waals surface area (Å²) in [6.45, 7) is 4.62. The summed E-state index contributed by atoms with van der Waals surface area (Å²) in [5, 5.41) is 0. The van der Waals surface area contributed by atoms with Gasteiger partial charge in [-0.1, -0.05) is 6.07 Å². The van der Waals surface area contributed by atoms with Crippen molar-refractivity contribution in [2.24, 2.45) is 0 Å². The largest absolute Gasteiger partial charge is 0.487 e. The Morgan fingerprint density at radius 1 is 1.40 bits per heavy atom. The number of H-pyrrole nitrogens is 1. The van der Waals surface area contributed by atoms with E-state index in [9.17, 15) is 0 Å². The lowest BCUT2D eigenvalue weighted by molar-refractivity contribution is 0.297. The number of aromatic nitrogens is 2. The van der Waals surface area contributed by atoms with Gasteiger partial charge in [0.05, 0.1) is 11.4 Å². The van der Waals surface area contributed by atoms with E-state index in [1.165, 1.54) is 5.56 Å². The molecule has 1 N–H and O–H groups in total. The van der Waals surface area contributed by atoms with Crippen LogP contribution in [0.1, 0.15) is 18.5 Å². The van der Waals surface area contributed by atoms with Crippen molar-refractivity contribution in [3.05, 3.63) is 35.3 Å². The Morgan fingerprint density at radius 3 is 3.13 bits per heavy atom. The summed E-state index contributed by atoms with van der Waals surface area (Å²) in [6.07, 6.45) is 0. The molecular formula is C12H14N2O. The predicted octanol–water partition coefficient (Wildman–Crippen LogP) is 2.83. The van der Waals surface area contributed by atoms with Gasteiger partial charge in [-0.15, -0.1) is 0 Å². The predicted molar refractivity (Wildman–Crippen MR) is 59.9 cm³/mol. The van der Waals surface area contributed by atoms with E-state index in [4.69, 9.17) is 4.74 Å². The fourth-order valence-corrected chi connectivity index (χ4v) is 1.96. The Morgan fingerprint density at radius 2 is 2.27 bits per heavy atom. The van der Waals surface area contributed by atoms with Crippen LogP contribution in [0.25, 0.3) is 11.3 Å². The lowest BCUT2D eigenvalue weighted by Crippen LogP contribution is -2.05. The molecule has 1 aliphatic heterocycles. The third-order valence-electron chi connectivity index (χ3n) is 2.66. The van der Waals surface area contributed by atoms with Crippen LogP contribution in [0.4, 0.5) is 0 Å². The van der Waals surface area contributed by atoms with E-state index in [1.54, 1.807) is 0 Å². The van der Waals surface area contributed by atoms with Crippen molar-refractivity contribution in [3.63, 3.8) is 0 Å². The number of hydrogen-bond donors (Lipinski definition) is 1. The number of fused-ring (bicyclic) bond motifs is 3. The van der Waals surface area contributed by atoms with Crippen LogP contribution in [0.3, 0.4) is 0 Å². The van der Waals surface area contributed by atoms with Crippen molar-refractivity contribution in [3.8, 4) is 17.0 Å². The van der Waals surface area contributed by atoms with Crippen LogP contribution in [-0.2, 0) is 6.61 Å². The van der Waals surface area contributed by atoms with Crippen LogP contribution in [0.5, 0.6) is 5.75 Å². The van der Waals surface area contributed by atoms with E-state index < -0.39 is 0 Å². The number of aromatic amines is 1. The zero-order valence-corrected chi connectivity index (χ0v) is 8.79. The zero-order valence-electron chi connectivity index (χ0n) is 8.79. The molecular weight excluding hydrogens is 188 g/mol. The van der Waals surface area contributed by atoms with Gasteiger partial charge in [0, 0.05) is 6.99 Å². The molecule has 15 heavy (non-hydrogen) atoms. The topological polar surface area (TPSA) is 37.9 Å². The number of hydrogen-bond acceptors (Lipinski definition) is 2. The average molecular weight is 202 g/mol. The third kappa shape index (κ3) is 1.23. The molecule has 0 fully saturated rings. The number of imidazole rings is 1. The second-order valence-corrected chi connectivity index (χ2v) is 3.94. The van der Waals surface area contributed by atoms with Crippen LogP contribution in [0, 0.1) is 13.8 Å². The maximum absolute atomic E-state index is 5.67. The highest BCUT2D eigenvalue weighted by atomic mass is 16.5. The Hall–Kier alpha value is -1.77. The van der Waals surface area contributed by atoms with Crippen LogP contribution in [0.15, 0.2) is 18.2 Å². The maximum atomic E-state index is 5.67. The fourth-order valence-electron chi connectivity index (χ4n) is 1.96. The van der Waals surface area contributed by atoms with Crippen LogP contribution in [0.2, 0.25) is 0 Å². The number of rotatable bonds is 0. The van der Waals surface area contributed by atoms with Gasteiger partial charge in [0.15, 0.2) is 0 Å². The molecule has 0 amide bonds. The summed E-state index contributed by atoms with van der Waals surface area (Å²) in [5.74, 6) is 1.88. The number of ether oxygens (including phenoxy) is 1. The number of aryl methyl sites for hydroxylation is 2. The minimum absolute atomic E-state index is 0. The molecule has 78 valence electrons. The molecule has 0 spiro atoms. The molecule has 0 saturated carbocycles. The molecule has 2 heterocycles. The van der Waals surface area contributed by atoms with E-state index in [1.807, 2.05) is 6.92 Å². The Labute approximate surface area is 89.6 Å². The van der Waals surface area contributed by atoms with E-state index in [-0.39, 0.29) is 1.43 Å². The molecule has 0 bridgehead atoms. The summed E-state index contributed by atoms with van der Waals surface area (Å²) in [4.78, 5) is 7.70. The van der Waals surface area contributed by atoms with Gasteiger partial charge in [-0.3, -0.25) is 0 Å². The van der Waals surface area contributed by atoms with Crippen molar-refractivity contribution in [1.82, 2.24) is 9.97 Å². The minimum atomic E-state index is 0. The summed E-state index contributed by atoms with van der Waals surface area (Å²) in [7, 11) is 0. The number of nitrogens with zero attached hydrogens (tertiary/aromatic N) is 1. The average Bonchev–Trinajstić information content (AvgIpc) is 2.58. The third-order valence-corrected chi connectivity index (χ3v) is 2.66. The molecule has 0 radical (unpaired) electrons. The van der Waals surface area contributed by atoms with Crippen molar-refractivity contribution in [1.29, 1.82) is 0 Å². The maximum Gasteiger partial charge on any atom is 0.130 e. The number of nitrogens with one attached hydrogen (secondary N) is 1. The van der Waals surface area contributed by atoms with Gasteiger partial charge in [-0.2, -0.15) is 0 Å². The van der Waals surface area contributed by atoms with Crippen molar-refractivity contribution < 1.29 is 6.16 Å². The van der Waals surface area contributed by atoms with Gasteiger partial charge in [-0.25, -0.2) is 4.98 Å². The van der Waals surface area contributed by atoms with Gasteiger partial charge in [0.1, 0.15) is 18.2 Å².